The maximum Gasteiger partial charge on any atom is 0.331 e. The highest BCUT2D eigenvalue weighted by molar-refractivity contribution is 5.79. The lowest BCUT2D eigenvalue weighted by Gasteiger charge is -2.28. The van der Waals surface area contributed by atoms with Gasteiger partial charge in [-0.25, -0.2) is 9.78 Å². The molecule has 0 saturated carbocycles. The molecule has 0 radical (unpaired) electrons. The third-order valence-corrected chi connectivity index (χ3v) is 5.00. The summed E-state index contributed by atoms with van der Waals surface area (Å²) in [5, 5.41) is 0. The number of nitrogens with zero attached hydrogens (tertiary/aromatic N) is 3. The van der Waals surface area contributed by atoms with Crippen LogP contribution in [0.1, 0.15) is 13.8 Å². The van der Waals surface area contributed by atoms with E-state index in [0.29, 0.717) is 13.3 Å². The first kappa shape index (κ1) is 18.3. The molecule has 6 nitrogen and oxygen atoms in total. The lowest BCUT2D eigenvalue weighted by atomic mass is 10.0. The largest absolute Gasteiger partial charge is 0.497 e. The minimum absolute atomic E-state index is 0.134. The van der Waals surface area contributed by atoms with Crippen LogP contribution in [-0.4, -0.2) is 46.5 Å². The van der Waals surface area contributed by atoms with Crippen molar-refractivity contribution in [3.63, 3.8) is 0 Å². The van der Waals surface area contributed by atoms with Gasteiger partial charge in [0.15, 0.2) is 0 Å². The second-order valence-electron chi connectivity index (χ2n) is 7.48. The highest BCUT2D eigenvalue weighted by Gasteiger charge is 2.37. The van der Waals surface area contributed by atoms with Crippen molar-refractivity contribution in [2.45, 2.75) is 19.4 Å². The Morgan fingerprint density at radius 1 is 1.11 bits per heavy atom. The van der Waals surface area contributed by atoms with Gasteiger partial charge in [-0.15, -0.1) is 0 Å². The van der Waals surface area contributed by atoms with E-state index in [1.807, 2.05) is 56.3 Å². The van der Waals surface area contributed by atoms with Gasteiger partial charge in [0.1, 0.15) is 18.8 Å². The molecule has 4 rings (SSSR count). The van der Waals surface area contributed by atoms with Crippen LogP contribution in [-0.2, 0) is 4.74 Å². The first-order chi connectivity index (χ1) is 13.5. The summed E-state index contributed by atoms with van der Waals surface area (Å²) in [5.41, 5.74) is 3.49. The summed E-state index contributed by atoms with van der Waals surface area (Å²) in [6.45, 7) is 4.81. The first-order valence-corrected chi connectivity index (χ1v) is 9.16. The van der Waals surface area contributed by atoms with Crippen LogP contribution in [0.3, 0.4) is 0 Å². The molecule has 0 N–H and O–H groups in total. The van der Waals surface area contributed by atoms with Crippen molar-refractivity contribution in [3.05, 3.63) is 61.1 Å². The van der Waals surface area contributed by atoms with Gasteiger partial charge in [0.2, 0.25) is 0 Å². The molecule has 0 unspecified atom stereocenters. The predicted molar refractivity (Wildman–Crippen MR) is 107 cm³/mol. The van der Waals surface area contributed by atoms with E-state index >= 15 is 0 Å². The van der Waals surface area contributed by atoms with E-state index in [1.54, 1.807) is 24.5 Å². The molecule has 0 aliphatic carbocycles. The van der Waals surface area contributed by atoms with Crippen LogP contribution in [0.4, 0.5) is 4.79 Å². The van der Waals surface area contributed by atoms with E-state index in [2.05, 4.69) is 11.1 Å². The molecule has 28 heavy (non-hydrogen) atoms. The number of carbonyl (C=O) groups is 1. The molecule has 2 aromatic carbocycles. The lowest BCUT2D eigenvalue weighted by Crippen LogP contribution is -2.45. The Morgan fingerprint density at radius 2 is 1.82 bits per heavy atom. The van der Waals surface area contributed by atoms with E-state index in [4.69, 9.17) is 9.47 Å². The van der Waals surface area contributed by atoms with Crippen LogP contribution in [0.25, 0.3) is 22.4 Å². The standard InChI is InChI=1S/C22H23N3O3/c1-22(2)13-28-15-25(22)21(26)24-12-20(23-14-24)18-8-4-6-16(10-18)17-7-5-9-19(11-17)27-3/h4-12,14H,13,15H2,1-3H3. The van der Waals surface area contributed by atoms with Gasteiger partial charge < -0.3 is 9.47 Å². The summed E-state index contributed by atoms with van der Waals surface area (Å²) in [6.07, 6.45) is 3.33. The van der Waals surface area contributed by atoms with E-state index in [0.717, 1.165) is 28.1 Å². The predicted octanol–water partition coefficient (Wildman–Crippen LogP) is 4.26. The monoisotopic (exact) mass is 377 g/mol. The van der Waals surface area contributed by atoms with E-state index < -0.39 is 0 Å². The molecule has 1 aliphatic rings. The average Bonchev–Trinajstić information content (AvgIpc) is 3.34. The molecule has 0 spiro atoms. The number of benzene rings is 2. The van der Waals surface area contributed by atoms with Crippen molar-refractivity contribution in [3.8, 4) is 28.1 Å². The van der Waals surface area contributed by atoms with Crippen molar-refractivity contribution < 1.29 is 14.3 Å². The Kier molecular flexibility index (Phi) is 4.65. The molecule has 1 aliphatic heterocycles. The zero-order valence-electron chi connectivity index (χ0n) is 16.3. The topological polar surface area (TPSA) is 56.6 Å². The number of methoxy groups -OCH3 is 1. The molecule has 1 saturated heterocycles. The highest BCUT2D eigenvalue weighted by Crippen LogP contribution is 2.28. The highest BCUT2D eigenvalue weighted by atomic mass is 16.5. The van der Waals surface area contributed by atoms with Crippen molar-refractivity contribution in [1.82, 2.24) is 14.5 Å². The SMILES string of the molecule is COc1cccc(-c2cccc(-c3cn(C(=O)N4COCC4(C)C)cn3)c2)c1. The van der Waals surface area contributed by atoms with E-state index in [9.17, 15) is 4.79 Å². The molecule has 3 aromatic rings. The van der Waals surface area contributed by atoms with Gasteiger partial charge >= 0.3 is 6.03 Å². The maximum atomic E-state index is 12.8. The van der Waals surface area contributed by atoms with Gasteiger partial charge in [-0.05, 0) is 43.2 Å². The summed E-state index contributed by atoms with van der Waals surface area (Å²) in [6, 6.07) is 15.9. The number of aromatic nitrogens is 2. The number of imidazole rings is 1. The van der Waals surface area contributed by atoms with Gasteiger partial charge in [0.05, 0.1) is 24.9 Å². The fourth-order valence-corrected chi connectivity index (χ4v) is 3.33. The lowest BCUT2D eigenvalue weighted by molar-refractivity contribution is 0.140. The average molecular weight is 377 g/mol. The van der Waals surface area contributed by atoms with Crippen LogP contribution in [0.5, 0.6) is 5.75 Å². The molecule has 2 heterocycles. The summed E-state index contributed by atoms with van der Waals surface area (Å²) in [7, 11) is 1.66. The molecule has 1 amide bonds. The van der Waals surface area contributed by atoms with Crippen LogP contribution in [0.15, 0.2) is 61.1 Å². The second-order valence-corrected chi connectivity index (χ2v) is 7.48. The molecular weight excluding hydrogens is 354 g/mol. The van der Waals surface area contributed by atoms with Crippen LogP contribution >= 0.6 is 0 Å². The third kappa shape index (κ3) is 3.39. The number of carbonyl (C=O) groups excluding carboxylic acids is 1. The first-order valence-electron chi connectivity index (χ1n) is 9.16. The van der Waals surface area contributed by atoms with Gasteiger partial charge in [-0.2, -0.15) is 0 Å². The Labute approximate surface area is 164 Å². The summed E-state index contributed by atoms with van der Waals surface area (Å²) < 4.78 is 12.3. The molecule has 1 aromatic heterocycles. The smallest absolute Gasteiger partial charge is 0.331 e. The summed E-state index contributed by atoms with van der Waals surface area (Å²) in [5.74, 6) is 0.813. The van der Waals surface area contributed by atoms with Crippen LogP contribution in [0, 0.1) is 0 Å². The normalized spacial score (nSPS) is 15.6. The number of ether oxygens (including phenoxy) is 2. The number of hydrogen-bond donors (Lipinski definition) is 0. The molecule has 6 heteroatoms. The molecule has 1 fully saturated rings. The Hall–Kier alpha value is -3.12. The molecule has 0 atom stereocenters. The van der Waals surface area contributed by atoms with E-state index in [1.165, 1.54) is 4.57 Å². The van der Waals surface area contributed by atoms with Crippen LogP contribution in [0.2, 0.25) is 0 Å². The van der Waals surface area contributed by atoms with Crippen molar-refractivity contribution in [2.75, 3.05) is 20.4 Å². The Morgan fingerprint density at radius 3 is 2.54 bits per heavy atom. The fourth-order valence-electron chi connectivity index (χ4n) is 3.33. The maximum absolute atomic E-state index is 12.8. The van der Waals surface area contributed by atoms with Crippen molar-refractivity contribution >= 4 is 6.03 Å². The fraction of sp³-hybridized carbons (Fsp3) is 0.273. The van der Waals surface area contributed by atoms with Gasteiger partial charge in [-0.3, -0.25) is 9.47 Å². The second kappa shape index (κ2) is 7.13. The minimum atomic E-state index is -0.326. The van der Waals surface area contributed by atoms with Crippen molar-refractivity contribution in [2.24, 2.45) is 0 Å². The minimum Gasteiger partial charge on any atom is -0.497 e. The van der Waals surface area contributed by atoms with E-state index in [-0.39, 0.29) is 11.6 Å². The third-order valence-electron chi connectivity index (χ3n) is 5.00. The number of rotatable bonds is 3. The van der Waals surface area contributed by atoms with Gasteiger partial charge in [-0.1, -0.05) is 30.3 Å². The molecule has 0 bridgehead atoms. The summed E-state index contributed by atoms with van der Waals surface area (Å²) in [4.78, 5) is 19.0. The quantitative estimate of drug-likeness (QED) is 0.684. The van der Waals surface area contributed by atoms with Gasteiger partial charge in [0.25, 0.3) is 0 Å². The van der Waals surface area contributed by atoms with Crippen LogP contribution < -0.4 is 4.74 Å². The molecule has 144 valence electrons. The molecular formula is C22H23N3O3. The summed E-state index contributed by atoms with van der Waals surface area (Å²) >= 11 is 0. The zero-order chi connectivity index (χ0) is 19.7. The number of hydrogen-bond acceptors (Lipinski definition) is 4. The Bertz CT molecular complexity index is 1010. The van der Waals surface area contributed by atoms with Crippen molar-refractivity contribution in [1.29, 1.82) is 0 Å². The Balaban J connectivity index is 1.61. The number of amides is 1. The van der Waals surface area contributed by atoms with Gasteiger partial charge in [0, 0.05) is 11.8 Å². The zero-order valence-corrected chi connectivity index (χ0v) is 16.3.